The van der Waals surface area contributed by atoms with Crippen molar-refractivity contribution in [2.24, 2.45) is 0 Å². The quantitative estimate of drug-likeness (QED) is 0.544. The summed E-state index contributed by atoms with van der Waals surface area (Å²) in [7, 11) is 1.43. The maximum atomic E-state index is 12.2. The molecule has 7 nitrogen and oxygen atoms in total. The van der Waals surface area contributed by atoms with E-state index >= 15 is 0 Å². The summed E-state index contributed by atoms with van der Waals surface area (Å²) < 4.78 is 10.2. The van der Waals surface area contributed by atoms with Crippen LogP contribution in [-0.2, 0) is 0 Å². The van der Waals surface area contributed by atoms with Gasteiger partial charge in [-0.25, -0.2) is 4.79 Å². The molecule has 0 aliphatic rings. The van der Waals surface area contributed by atoms with E-state index in [-0.39, 0.29) is 11.1 Å². The Morgan fingerprint density at radius 1 is 1.00 bits per heavy atom. The van der Waals surface area contributed by atoms with Gasteiger partial charge in [0.05, 0.1) is 12.7 Å². The summed E-state index contributed by atoms with van der Waals surface area (Å²) in [5, 5.41) is 0.917. The number of amides is 2. The van der Waals surface area contributed by atoms with Crippen LogP contribution in [0.15, 0.2) is 57.7 Å². The molecule has 26 heavy (non-hydrogen) atoms. The Balaban J connectivity index is 1.80. The molecule has 0 saturated carbocycles. The number of hydrazine groups is 1. The Morgan fingerprint density at radius 2 is 1.69 bits per heavy atom. The molecule has 132 valence electrons. The van der Waals surface area contributed by atoms with Crippen molar-refractivity contribution in [3.63, 3.8) is 0 Å². The van der Waals surface area contributed by atoms with Crippen LogP contribution < -0.4 is 21.2 Å². The lowest BCUT2D eigenvalue weighted by molar-refractivity contribution is 0.0843. The lowest BCUT2D eigenvalue weighted by atomic mass is 10.2. The topological polar surface area (TPSA) is 97.6 Å². The number of nitrogens with one attached hydrogen (secondary N) is 2. The zero-order valence-corrected chi connectivity index (χ0v) is 14.3. The van der Waals surface area contributed by atoms with E-state index in [4.69, 9.17) is 20.8 Å². The van der Waals surface area contributed by atoms with Crippen molar-refractivity contribution in [3.05, 3.63) is 75.1 Å². The smallest absolute Gasteiger partial charge is 0.349 e. The number of halogens is 1. The Hall–Kier alpha value is -3.32. The first kappa shape index (κ1) is 17.5. The molecule has 3 aromatic rings. The van der Waals surface area contributed by atoms with Crippen LogP contribution >= 0.6 is 11.6 Å². The van der Waals surface area contributed by atoms with E-state index in [1.807, 2.05) is 0 Å². The molecule has 0 aliphatic heterocycles. The summed E-state index contributed by atoms with van der Waals surface area (Å²) in [6.07, 6.45) is 0. The molecule has 8 heteroatoms. The second kappa shape index (κ2) is 7.28. The summed E-state index contributed by atoms with van der Waals surface area (Å²) in [6.45, 7) is 0. The minimum absolute atomic E-state index is 0.229. The minimum atomic E-state index is -0.830. The van der Waals surface area contributed by atoms with Gasteiger partial charge in [-0.15, -0.1) is 0 Å². The van der Waals surface area contributed by atoms with Crippen LogP contribution in [0.25, 0.3) is 11.0 Å². The van der Waals surface area contributed by atoms with Gasteiger partial charge in [0, 0.05) is 10.4 Å². The molecule has 0 fully saturated rings. The Bertz CT molecular complexity index is 1060. The van der Waals surface area contributed by atoms with Crippen LogP contribution in [-0.4, -0.2) is 18.9 Å². The summed E-state index contributed by atoms with van der Waals surface area (Å²) in [5.74, 6) is -1.06. The molecule has 0 aliphatic carbocycles. The highest BCUT2D eigenvalue weighted by atomic mass is 35.5. The maximum Gasteiger partial charge on any atom is 0.349 e. The normalized spacial score (nSPS) is 10.4. The van der Waals surface area contributed by atoms with Gasteiger partial charge in [-0.05, 0) is 36.4 Å². The zero-order chi connectivity index (χ0) is 18.7. The number of methoxy groups -OCH3 is 1. The number of carbonyl (C=O) groups excluding carboxylic acids is 2. The third-order valence-electron chi connectivity index (χ3n) is 3.58. The van der Waals surface area contributed by atoms with Crippen molar-refractivity contribution in [1.82, 2.24) is 10.9 Å². The van der Waals surface area contributed by atoms with Gasteiger partial charge in [0.15, 0.2) is 0 Å². The van der Waals surface area contributed by atoms with Gasteiger partial charge >= 0.3 is 5.63 Å². The minimum Gasteiger partial charge on any atom is -0.496 e. The average molecular weight is 373 g/mol. The fraction of sp³-hybridized carbons (Fsp3) is 0.0556. The summed E-state index contributed by atoms with van der Waals surface area (Å²) in [4.78, 5) is 36.4. The second-order valence-corrected chi connectivity index (χ2v) is 5.67. The van der Waals surface area contributed by atoms with Crippen molar-refractivity contribution >= 4 is 34.4 Å². The molecular formula is C18H13ClN2O5. The van der Waals surface area contributed by atoms with E-state index in [0.717, 1.165) is 0 Å². The van der Waals surface area contributed by atoms with Gasteiger partial charge in [0.25, 0.3) is 11.8 Å². The molecule has 0 unspecified atom stereocenters. The molecule has 3 rings (SSSR count). The molecule has 0 spiro atoms. The fourth-order valence-electron chi connectivity index (χ4n) is 2.33. The van der Waals surface area contributed by atoms with E-state index in [1.165, 1.54) is 25.3 Å². The molecule has 0 atom stereocenters. The van der Waals surface area contributed by atoms with E-state index in [0.29, 0.717) is 21.7 Å². The van der Waals surface area contributed by atoms with E-state index in [9.17, 15) is 14.4 Å². The molecule has 1 aromatic heterocycles. The van der Waals surface area contributed by atoms with E-state index in [1.54, 1.807) is 30.3 Å². The monoisotopic (exact) mass is 372 g/mol. The molecular weight excluding hydrogens is 360 g/mol. The number of rotatable bonds is 3. The number of hydrogen-bond donors (Lipinski definition) is 2. The Labute approximate surface area is 152 Å². The molecule has 2 amide bonds. The third-order valence-corrected chi connectivity index (χ3v) is 3.82. The molecule has 0 saturated heterocycles. The van der Waals surface area contributed by atoms with Gasteiger partial charge in [0.1, 0.15) is 16.9 Å². The first-order chi connectivity index (χ1) is 12.5. The first-order valence-electron chi connectivity index (χ1n) is 7.46. The van der Waals surface area contributed by atoms with Crippen LogP contribution in [0.4, 0.5) is 0 Å². The maximum absolute atomic E-state index is 12.2. The largest absolute Gasteiger partial charge is 0.496 e. The average Bonchev–Trinajstić information content (AvgIpc) is 2.65. The molecule has 0 radical (unpaired) electrons. The van der Waals surface area contributed by atoms with Crippen LogP contribution in [0, 0.1) is 0 Å². The summed E-state index contributed by atoms with van der Waals surface area (Å²) in [6, 6.07) is 12.5. The number of hydrogen-bond acceptors (Lipinski definition) is 5. The number of fused-ring (bicyclic) bond motifs is 1. The third kappa shape index (κ3) is 3.52. The van der Waals surface area contributed by atoms with Crippen molar-refractivity contribution in [3.8, 4) is 5.75 Å². The van der Waals surface area contributed by atoms with Crippen LogP contribution in [0.5, 0.6) is 5.75 Å². The molecule has 2 N–H and O–H groups in total. The van der Waals surface area contributed by atoms with Crippen molar-refractivity contribution in [2.75, 3.05) is 7.11 Å². The highest BCUT2D eigenvalue weighted by molar-refractivity contribution is 6.31. The number of carbonyl (C=O) groups is 2. The van der Waals surface area contributed by atoms with E-state index in [2.05, 4.69) is 10.9 Å². The van der Waals surface area contributed by atoms with Crippen LogP contribution in [0.3, 0.4) is 0 Å². The van der Waals surface area contributed by atoms with Gasteiger partial charge in [0.2, 0.25) is 0 Å². The number of ether oxygens (including phenoxy) is 1. The fourth-order valence-corrected chi connectivity index (χ4v) is 2.51. The molecule has 2 aromatic carbocycles. The predicted octanol–water partition coefficient (Wildman–Crippen LogP) is 2.53. The second-order valence-electron chi connectivity index (χ2n) is 5.24. The van der Waals surface area contributed by atoms with Crippen LogP contribution in [0.1, 0.15) is 20.7 Å². The van der Waals surface area contributed by atoms with Crippen molar-refractivity contribution in [1.29, 1.82) is 0 Å². The van der Waals surface area contributed by atoms with Gasteiger partial charge < -0.3 is 9.15 Å². The lowest BCUT2D eigenvalue weighted by Crippen LogP contribution is -2.43. The van der Waals surface area contributed by atoms with Gasteiger partial charge in [-0.1, -0.05) is 23.7 Å². The highest BCUT2D eigenvalue weighted by Gasteiger charge is 2.16. The summed E-state index contributed by atoms with van der Waals surface area (Å²) in [5.41, 5.74) is 3.85. The van der Waals surface area contributed by atoms with Crippen LogP contribution in [0.2, 0.25) is 5.02 Å². The van der Waals surface area contributed by atoms with E-state index < -0.39 is 17.4 Å². The van der Waals surface area contributed by atoms with Crippen molar-refractivity contribution in [2.45, 2.75) is 0 Å². The first-order valence-corrected chi connectivity index (χ1v) is 7.84. The zero-order valence-electron chi connectivity index (χ0n) is 13.5. The van der Waals surface area contributed by atoms with Gasteiger partial charge in [-0.3, -0.25) is 20.4 Å². The highest BCUT2D eigenvalue weighted by Crippen LogP contribution is 2.19. The Morgan fingerprint density at radius 3 is 2.42 bits per heavy atom. The molecule has 0 bridgehead atoms. The van der Waals surface area contributed by atoms with Gasteiger partial charge in [-0.2, -0.15) is 0 Å². The summed E-state index contributed by atoms with van der Waals surface area (Å²) >= 11 is 5.90. The number of para-hydroxylation sites is 1. The SMILES string of the molecule is COc1ccccc1C(=O)NNC(=O)c1cc2cc(Cl)ccc2oc1=O. The lowest BCUT2D eigenvalue weighted by Gasteiger charge is -2.10. The number of benzene rings is 2. The molecule has 1 heterocycles. The van der Waals surface area contributed by atoms with Crippen molar-refractivity contribution < 1.29 is 18.7 Å². The predicted molar refractivity (Wildman–Crippen MR) is 95.4 cm³/mol. The Kier molecular flexibility index (Phi) is 4.90. The standard InChI is InChI=1S/C18H13ClN2O5/c1-25-15-5-3-2-4-12(15)16(22)20-21-17(23)13-9-10-8-11(19)6-7-14(10)26-18(13)24/h2-9H,1H3,(H,20,22)(H,21,23).